The highest BCUT2D eigenvalue weighted by atomic mass is 19.1. The summed E-state index contributed by atoms with van der Waals surface area (Å²) in [5, 5.41) is 2.85. The summed E-state index contributed by atoms with van der Waals surface area (Å²) < 4.78 is 24.8. The number of anilines is 1. The minimum Gasteiger partial charge on any atom is -0.481 e. The molecule has 0 radical (unpaired) electrons. The third-order valence-electron chi connectivity index (χ3n) is 4.37. The van der Waals surface area contributed by atoms with E-state index in [1.807, 2.05) is 0 Å². The Bertz CT molecular complexity index is 712. The number of carbonyl (C=O) groups excluding carboxylic acids is 1. The summed E-state index contributed by atoms with van der Waals surface area (Å²) >= 11 is 0. The van der Waals surface area contributed by atoms with Crippen LogP contribution < -0.4 is 10.1 Å². The zero-order valence-corrected chi connectivity index (χ0v) is 13.4. The minimum absolute atomic E-state index is 0.247. The molecule has 1 N–H and O–H groups in total. The van der Waals surface area contributed by atoms with E-state index in [1.165, 1.54) is 19.4 Å². The molecular formula is C18H19FN2O3. The van der Waals surface area contributed by atoms with Gasteiger partial charge in [-0.05, 0) is 25.0 Å². The fourth-order valence-corrected chi connectivity index (χ4v) is 3.01. The number of hydrogen-bond acceptors (Lipinski definition) is 4. The molecule has 1 aliphatic heterocycles. The van der Waals surface area contributed by atoms with E-state index in [4.69, 9.17) is 9.47 Å². The minimum atomic E-state index is -0.941. The van der Waals surface area contributed by atoms with Crippen LogP contribution in [0.3, 0.4) is 0 Å². The molecule has 5 nitrogen and oxygen atoms in total. The van der Waals surface area contributed by atoms with Gasteiger partial charge in [-0.25, -0.2) is 9.37 Å². The quantitative estimate of drug-likeness (QED) is 0.936. The lowest BCUT2D eigenvalue weighted by atomic mass is 9.73. The first-order valence-electron chi connectivity index (χ1n) is 7.80. The normalized spacial score (nSPS) is 16.4. The van der Waals surface area contributed by atoms with Crippen LogP contribution in [-0.2, 0) is 14.9 Å². The second kappa shape index (κ2) is 6.97. The maximum absolute atomic E-state index is 14.4. The van der Waals surface area contributed by atoms with Gasteiger partial charge in [0.25, 0.3) is 0 Å². The average molecular weight is 330 g/mol. The number of carbonyl (C=O) groups is 1. The van der Waals surface area contributed by atoms with Crippen LogP contribution in [0.5, 0.6) is 5.88 Å². The summed E-state index contributed by atoms with van der Waals surface area (Å²) in [6, 6.07) is 9.80. The number of halogens is 1. The van der Waals surface area contributed by atoms with Crippen LogP contribution in [0.4, 0.5) is 10.1 Å². The van der Waals surface area contributed by atoms with Gasteiger partial charge in [0.2, 0.25) is 11.8 Å². The molecule has 0 aliphatic carbocycles. The average Bonchev–Trinajstić information content (AvgIpc) is 2.63. The van der Waals surface area contributed by atoms with Crippen molar-refractivity contribution in [3.63, 3.8) is 0 Å². The Kier molecular flexibility index (Phi) is 4.76. The number of nitrogens with zero attached hydrogens (tertiary/aromatic N) is 1. The lowest BCUT2D eigenvalue weighted by Gasteiger charge is -2.36. The molecule has 1 aromatic carbocycles. The molecule has 1 amide bonds. The molecule has 3 rings (SSSR count). The van der Waals surface area contributed by atoms with Crippen molar-refractivity contribution in [1.29, 1.82) is 0 Å². The molecule has 2 aromatic rings. The highest BCUT2D eigenvalue weighted by Gasteiger charge is 2.43. The predicted molar refractivity (Wildman–Crippen MR) is 87.5 cm³/mol. The third kappa shape index (κ3) is 3.10. The Balaban J connectivity index is 1.90. The molecule has 0 unspecified atom stereocenters. The van der Waals surface area contributed by atoms with Crippen LogP contribution in [-0.4, -0.2) is 31.2 Å². The van der Waals surface area contributed by atoms with Gasteiger partial charge in [0.05, 0.1) is 24.4 Å². The Morgan fingerprint density at radius 2 is 2.00 bits per heavy atom. The molecule has 24 heavy (non-hydrogen) atoms. The molecule has 1 fully saturated rings. The number of aromatic nitrogens is 1. The number of rotatable bonds is 4. The first-order chi connectivity index (χ1) is 11.7. The van der Waals surface area contributed by atoms with Gasteiger partial charge in [0.1, 0.15) is 5.82 Å². The van der Waals surface area contributed by atoms with Gasteiger partial charge in [0.15, 0.2) is 0 Å². The summed E-state index contributed by atoms with van der Waals surface area (Å²) in [6.45, 7) is 0.839. The van der Waals surface area contributed by atoms with Crippen molar-refractivity contribution in [3.8, 4) is 5.88 Å². The van der Waals surface area contributed by atoms with Crippen molar-refractivity contribution in [2.75, 3.05) is 25.6 Å². The Labute approximate surface area is 139 Å². The van der Waals surface area contributed by atoms with Gasteiger partial charge in [0, 0.05) is 24.8 Å². The van der Waals surface area contributed by atoms with Crippen molar-refractivity contribution in [3.05, 3.63) is 54.0 Å². The molecule has 1 saturated heterocycles. The highest BCUT2D eigenvalue weighted by Crippen LogP contribution is 2.37. The Morgan fingerprint density at radius 1 is 1.25 bits per heavy atom. The fourth-order valence-electron chi connectivity index (χ4n) is 3.01. The topological polar surface area (TPSA) is 60.5 Å². The van der Waals surface area contributed by atoms with E-state index in [2.05, 4.69) is 10.3 Å². The van der Waals surface area contributed by atoms with Crippen LogP contribution in [0, 0.1) is 5.82 Å². The van der Waals surface area contributed by atoms with Crippen molar-refractivity contribution < 1.29 is 18.7 Å². The van der Waals surface area contributed by atoms with Crippen LogP contribution in [0.25, 0.3) is 0 Å². The maximum atomic E-state index is 14.4. The maximum Gasteiger partial charge on any atom is 0.235 e. The second-order valence-corrected chi connectivity index (χ2v) is 5.72. The van der Waals surface area contributed by atoms with Crippen LogP contribution in [0.2, 0.25) is 0 Å². The summed E-state index contributed by atoms with van der Waals surface area (Å²) in [5.74, 6) is -0.159. The zero-order chi connectivity index (χ0) is 17.0. The van der Waals surface area contributed by atoms with Gasteiger partial charge >= 0.3 is 0 Å². The summed E-state index contributed by atoms with van der Waals surface area (Å²) in [6.07, 6.45) is 2.39. The molecule has 2 heterocycles. The fraction of sp³-hybridized carbons (Fsp3) is 0.333. The Hall–Kier alpha value is -2.47. The number of ether oxygens (including phenoxy) is 2. The van der Waals surface area contributed by atoms with Crippen LogP contribution in [0.1, 0.15) is 18.4 Å². The first kappa shape index (κ1) is 16.4. The van der Waals surface area contributed by atoms with Gasteiger partial charge in [-0.15, -0.1) is 0 Å². The summed E-state index contributed by atoms with van der Waals surface area (Å²) in [4.78, 5) is 17.1. The van der Waals surface area contributed by atoms with E-state index >= 15 is 0 Å². The number of benzene rings is 1. The van der Waals surface area contributed by atoms with E-state index < -0.39 is 5.41 Å². The lowest BCUT2D eigenvalue weighted by Crippen LogP contribution is -2.45. The van der Waals surface area contributed by atoms with Crippen molar-refractivity contribution in [2.45, 2.75) is 18.3 Å². The molecule has 1 aliphatic rings. The molecule has 0 spiro atoms. The molecule has 0 atom stereocenters. The van der Waals surface area contributed by atoms with E-state index in [1.54, 1.807) is 30.3 Å². The molecule has 126 valence electrons. The largest absolute Gasteiger partial charge is 0.481 e. The third-order valence-corrected chi connectivity index (χ3v) is 4.37. The summed E-state index contributed by atoms with van der Waals surface area (Å²) in [5.41, 5.74) is 0.0130. The van der Waals surface area contributed by atoms with Gasteiger partial charge in [-0.3, -0.25) is 4.79 Å². The number of pyridine rings is 1. The molecule has 0 saturated carbocycles. The molecule has 1 aromatic heterocycles. The van der Waals surface area contributed by atoms with E-state index in [0.29, 0.717) is 43.2 Å². The zero-order valence-electron chi connectivity index (χ0n) is 13.4. The smallest absolute Gasteiger partial charge is 0.235 e. The standard InChI is InChI=1S/C18H19FN2O3/c1-23-16-7-6-13(12-20-16)21-17(22)18(8-10-24-11-9-18)14-4-2-3-5-15(14)19/h2-7,12H,8-11H2,1H3,(H,21,22). The number of amides is 1. The van der Waals surface area contributed by atoms with Crippen molar-refractivity contribution >= 4 is 11.6 Å². The Morgan fingerprint density at radius 3 is 2.62 bits per heavy atom. The van der Waals surface area contributed by atoms with E-state index in [9.17, 15) is 9.18 Å². The lowest BCUT2D eigenvalue weighted by molar-refractivity contribution is -0.125. The van der Waals surface area contributed by atoms with Crippen LogP contribution >= 0.6 is 0 Å². The van der Waals surface area contributed by atoms with Gasteiger partial charge in [-0.1, -0.05) is 18.2 Å². The van der Waals surface area contributed by atoms with Gasteiger partial charge < -0.3 is 14.8 Å². The molecule has 6 heteroatoms. The SMILES string of the molecule is COc1ccc(NC(=O)C2(c3ccccc3F)CCOCC2)cn1. The number of methoxy groups -OCH3 is 1. The first-order valence-corrected chi connectivity index (χ1v) is 7.80. The summed E-state index contributed by atoms with van der Waals surface area (Å²) in [7, 11) is 1.52. The second-order valence-electron chi connectivity index (χ2n) is 5.72. The molecular weight excluding hydrogens is 311 g/mol. The van der Waals surface area contributed by atoms with E-state index in [-0.39, 0.29) is 11.7 Å². The number of hydrogen-bond donors (Lipinski definition) is 1. The van der Waals surface area contributed by atoms with E-state index in [0.717, 1.165) is 0 Å². The predicted octanol–water partition coefficient (Wildman–Crippen LogP) is 2.92. The number of nitrogens with one attached hydrogen (secondary N) is 1. The van der Waals surface area contributed by atoms with Gasteiger partial charge in [-0.2, -0.15) is 0 Å². The van der Waals surface area contributed by atoms with Crippen LogP contribution in [0.15, 0.2) is 42.6 Å². The monoisotopic (exact) mass is 330 g/mol. The van der Waals surface area contributed by atoms with Crippen molar-refractivity contribution in [1.82, 2.24) is 4.98 Å². The van der Waals surface area contributed by atoms with Crippen molar-refractivity contribution in [2.24, 2.45) is 0 Å². The highest BCUT2D eigenvalue weighted by molar-refractivity contribution is 5.99. The molecule has 0 bridgehead atoms.